The van der Waals surface area contributed by atoms with Crippen molar-refractivity contribution < 1.29 is 18.3 Å². The maximum atomic E-state index is 15.2. The summed E-state index contributed by atoms with van der Waals surface area (Å²) in [6, 6.07) is 14.9. The average Bonchev–Trinajstić information content (AvgIpc) is 3.21. The minimum absolute atomic E-state index is 0.0409. The van der Waals surface area contributed by atoms with E-state index in [4.69, 9.17) is 42.8 Å². The van der Waals surface area contributed by atoms with Gasteiger partial charge in [-0.15, -0.1) is 10.2 Å². The molecule has 0 aliphatic carbocycles. The van der Waals surface area contributed by atoms with Gasteiger partial charge in [0.15, 0.2) is 11.6 Å². The first-order valence-electron chi connectivity index (χ1n) is 9.11. The summed E-state index contributed by atoms with van der Waals surface area (Å²) in [6.45, 7) is 0. The van der Waals surface area contributed by atoms with Crippen LogP contribution in [-0.2, 0) is 6.42 Å². The molecular weight excluding hydrogens is 444 g/mol. The second kappa shape index (κ2) is 8.83. The largest absolute Gasteiger partial charge is 0.496 e. The summed E-state index contributed by atoms with van der Waals surface area (Å²) in [4.78, 5) is 0. The van der Waals surface area contributed by atoms with E-state index in [-0.39, 0.29) is 40.3 Å². The molecule has 0 spiro atoms. The molecule has 0 saturated heterocycles. The summed E-state index contributed by atoms with van der Waals surface area (Å²) in [5.41, 5.74) is 7.05. The topological polar surface area (TPSA) is 83.4 Å². The van der Waals surface area contributed by atoms with E-state index in [1.807, 2.05) is 12.1 Å². The number of para-hydroxylation sites is 1. The SMILES string of the molecule is COc1ccccc1-c1nnc(Cc2ccc(Cl)c(Oc3cc(N)cc(Cl)c3)c2F)o1. The average molecular weight is 460 g/mol. The van der Waals surface area contributed by atoms with Crippen molar-refractivity contribution in [2.75, 3.05) is 12.8 Å². The molecule has 2 N–H and O–H groups in total. The number of ether oxygens (including phenoxy) is 2. The Balaban J connectivity index is 1.61. The quantitative estimate of drug-likeness (QED) is 0.347. The smallest absolute Gasteiger partial charge is 0.251 e. The van der Waals surface area contributed by atoms with Crippen molar-refractivity contribution in [1.29, 1.82) is 0 Å². The van der Waals surface area contributed by atoms with Crippen LogP contribution in [0.15, 0.2) is 59.0 Å². The van der Waals surface area contributed by atoms with E-state index in [2.05, 4.69) is 10.2 Å². The van der Waals surface area contributed by atoms with Gasteiger partial charge in [-0.2, -0.15) is 0 Å². The van der Waals surface area contributed by atoms with E-state index in [0.29, 0.717) is 22.0 Å². The van der Waals surface area contributed by atoms with Gasteiger partial charge in [-0.1, -0.05) is 41.4 Å². The van der Waals surface area contributed by atoms with Crippen molar-refractivity contribution in [2.24, 2.45) is 0 Å². The molecule has 158 valence electrons. The molecule has 4 aromatic rings. The van der Waals surface area contributed by atoms with E-state index >= 15 is 4.39 Å². The first-order chi connectivity index (χ1) is 14.9. The molecule has 1 heterocycles. The molecule has 9 heteroatoms. The number of anilines is 1. The lowest BCUT2D eigenvalue weighted by Gasteiger charge is -2.12. The Kier molecular flexibility index (Phi) is 5.97. The van der Waals surface area contributed by atoms with E-state index in [9.17, 15) is 0 Å². The van der Waals surface area contributed by atoms with Crippen LogP contribution in [0.3, 0.4) is 0 Å². The molecule has 31 heavy (non-hydrogen) atoms. The summed E-state index contributed by atoms with van der Waals surface area (Å²) in [6.07, 6.45) is 0.0409. The van der Waals surface area contributed by atoms with Crippen LogP contribution in [0.25, 0.3) is 11.5 Å². The molecule has 0 amide bonds. The summed E-state index contributed by atoms with van der Waals surface area (Å²) in [5.74, 6) is 0.548. The van der Waals surface area contributed by atoms with Gasteiger partial charge >= 0.3 is 0 Å². The summed E-state index contributed by atoms with van der Waals surface area (Å²) in [5, 5.41) is 8.52. The van der Waals surface area contributed by atoms with Gasteiger partial charge in [0.2, 0.25) is 5.89 Å². The van der Waals surface area contributed by atoms with Crippen LogP contribution in [0.4, 0.5) is 10.1 Å². The third kappa shape index (κ3) is 4.57. The Morgan fingerprint density at radius 2 is 1.87 bits per heavy atom. The van der Waals surface area contributed by atoms with Gasteiger partial charge in [0, 0.05) is 22.3 Å². The van der Waals surface area contributed by atoms with Gasteiger partial charge < -0.3 is 19.6 Å². The van der Waals surface area contributed by atoms with Crippen LogP contribution in [0.1, 0.15) is 11.5 Å². The number of nitrogen functional groups attached to an aromatic ring is 1. The maximum absolute atomic E-state index is 15.2. The van der Waals surface area contributed by atoms with Gasteiger partial charge in [-0.25, -0.2) is 4.39 Å². The van der Waals surface area contributed by atoms with E-state index in [1.54, 1.807) is 25.3 Å². The minimum Gasteiger partial charge on any atom is -0.496 e. The lowest BCUT2D eigenvalue weighted by atomic mass is 10.1. The number of halogens is 3. The van der Waals surface area contributed by atoms with Crippen molar-refractivity contribution in [3.63, 3.8) is 0 Å². The highest BCUT2D eigenvalue weighted by Gasteiger charge is 2.19. The number of methoxy groups -OCH3 is 1. The normalized spacial score (nSPS) is 10.8. The molecule has 0 saturated carbocycles. The fraction of sp³-hybridized carbons (Fsp3) is 0.0909. The number of hydrogen-bond acceptors (Lipinski definition) is 6. The van der Waals surface area contributed by atoms with Gasteiger partial charge in [0.1, 0.15) is 11.5 Å². The highest BCUT2D eigenvalue weighted by Crippen LogP contribution is 2.36. The Morgan fingerprint density at radius 1 is 1.06 bits per heavy atom. The number of rotatable bonds is 6. The molecule has 0 radical (unpaired) electrons. The lowest BCUT2D eigenvalue weighted by molar-refractivity contribution is 0.413. The summed E-state index contributed by atoms with van der Waals surface area (Å²) < 4.78 is 31.8. The Hall–Kier alpha value is -3.29. The summed E-state index contributed by atoms with van der Waals surface area (Å²) in [7, 11) is 1.55. The van der Waals surface area contributed by atoms with Gasteiger partial charge in [-0.05, 0) is 30.3 Å². The zero-order valence-corrected chi connectivity index (χ0v) is 17.7. The van der Waals surface area contributed by atoms with Crippen molar-refractivity contribution in [2.45, 2.75) is 6.42 Å². The zero-order valence-electron chi connectivity index (χ0n) is 16.2. The Bertz CT molecular complexity index is 1230. The highest BCUT2D eigenvalue weighted by molar-refractivity contribution is 6.32. The number of hydrogen-bond donors (Lipinski definition) is 1. The van der Waals surface area contributed by atoms with E-state index in [1.165, 1.54) is 24.3 Å². The zero-order chi connectivity index (χ0) is 22.0. The fourth-order valence-corrected chi connectivity index (χ4v) is 3.40. The summed E-state index contributed by atoms with van der Waals surface area (Å²) >= 11 is 12.1. The van der Waals surface area contributed by atoms with Crippen molar-refractivity contribution in [3.05, 3.63) is 81.9 Å². The molecule has 0 fully saturated rings. The van der Waals surface area contributed by atoms with Crippen LogP contribution in [0.5, 0.6) is 17.2 Å². The molecule has 6 nitrogen and oxygen atoms in total. The number of nitrogens with two attached hydrogens (primary N) is 1. The van der Waals surface area contributed by atoms with Crippen molar-refractivity contribution >= 4 is 28.9 Å². The molecule has 4 rings (SSSR count). The molecule has 3 aromatic carbocycles. The molecule has 0 aliphatic heterocycles. The van der Waals surface area contributed by atoms with Crippen LogP contribution < -0.4 is 15.2 Å². The van der Waals surface area contributed by atoms with Crippen LogP contribution >= 0.6 is 23.2 Å². The number of aromatic nitrogens is 2. The maximum Gasteiger partial charge on any atom is 0.251 e. The predicted octanol–water partition coefficient (Wildman–Crippen LogP) is 6.16. The van der Waals surface area contributed by atoms with Gasteiger partial charge in [0.05, 0.1) is 24.1 Å². The third-order valence-electron chi connectivity index (χ3n) is 4.39. The Morgan fingerprint density at radius 3 is 2.65 bits per heavy atom. The van der Waals surface area contributed by atoms with Crippen LogP contribution in [-0.4, -0.2) is 17.3 Å². The highest BCUT2D eigenvalue weighted by atomic mass is 35.5. The molecule has 0 unspecified atom stereocenters. The van der Waals surface area contributed by atoms with Crippen LogP contribution in [0, 0.1) is 5.82 Å². The van der Waals surface area contributed by atoms with Crippen molar-refractivity contribution in [1.82, 2.24) is 10.2 Å². The Labute approximate surface area is 187 Å². The van der Waals surface area contributed by atoms with Crippen LogP contribution in [0.2, 0.25) is 10.0 Å². The lowest BCUT2D eigenvalue weighted by Crippen LogP contribution is -1.98. The second-order valence-corrected chi connectivity index (χ2v) is 7.39. The minimum atomic E-state index is -0.650. The predicted molar refractivity (Wildman–Crippen MR) is 116 cm³/mol. The fourth-order valence-electron chi connectivity index (χ4n) is 2.98. The monoisotopic (exact) mass is 459 g/mol. The van der Waals surface area contributed by atoms with E-state index < -0.39 is 5.82 Å². The first-order valence-corrected chi connectivity index (χ1v) is 9.86. The number of nitrogens with zero attached hydrogens (tertiary/aromatic N) is 2. The van der Waals surface area contributed by atoms with E-state index in [0.717, 1.165) is 0 Å². The number of benzene rings is 3. The third-order valence-corrected chi connectivity index (χ3v) is 4.90. The van der Waals surface area contributed by atoms with Gasteiger partial charge in [0.25, 0.3) is 5.89 Å². The molecule has 0 aliphatic rings. The van der Waals surface area contributed by atoms with Crippen molar-refractivity contribution in [3.8, 4) is 28.7 Å². The second-order valence-electron chi connectivity index (χ2n) is 6.55. The standard InChI is InChI=1S/C22H16Cl2FN3O3/c1-29-18-5-3-2-4-16(18)22-28-27-19(31-22)8-12-6-7-17(24)21(20(12)25)30-15-10-13(23)9-14(26)11-15/h2-7,9-11H,8,26H2,1H3. The first kappa shape index (κ1) is 21.0. The molecular formula is C22H16Cl2FN3O3. The molecule has 1 aromatic heterocycles. The molecule has 0 bridgehead atoms. The molecule has 0 atom stereocenters. The van der Waals surface area contributed by atoms with Gasteiger partial charge in [-0.3, -0.25) is 0 Å².